The zero-order valence-corrected chi connectivity index (χ0v) is 11.5. The van der Waals surface area contributed by atoms with Crippen LogP contribution in [-0.4, -0.2) is 37.0 Å². The van der Waals surface area contributed by atoms with Crippen LogP contribution >= 0.6 is 11.6 Å². The van der Waals surface area contributed by atoms with Gasteiger partial charge >= 0.3 is 5.97 Å². The fourth-order valence-electron chi connectivity index (χ4n) is 2.29. The number of esters is 1. The van der Waals surface area contributed by atoms with E-state index in [9.17, 15) is 9.59 Å². The summed E-state index contributed by atoms with van der Waals surface area (Å²) in [7, 11) is 1.33. The van der Waals surface area contributed by atoms with E-state index in [-0.39, 0.29) is 24.3 Å². The van der Waals surface area contributed by atoms with Crippen LogP contribution in [0, 0.1) is 0 Å². The van der Waals surface area contributed by atoms with Crippen molar-refractivity contribution in [2.75, 3.05) is 20.2 Å². The zero-order valence-electron chi connectivity index (χ0n) is 10.8. The van der Waals surface area contributed by atoms with Gasteiger partial charge in [-0.05, 0) is 30.0 Å². The topological polar surface area (TPSA) is 46.6 Å². The number of ether oxygens (including phenoxy) is 1. The number of nitrogens with zero attached hydrogens (tertiary/aromatic N) is 1. The molecule has 1 amide bonds. The van der Waals surface area contributed by atoms with E-state index in [1.807, 2.05) is 24.3 Å². The van der Waals surface area contributed by atoms with Gasteiger partial charge in [-0.25, -0.2) is 0 Å². The van der Waals surface area contributed by atoms with Gasteiger partial charge in [-0.3, -0.25) is 9.59 Å². The van der Waals surface area contributed by atoms with Gasteiger partial charge in [-0.1, -0.05) is 23.7 Å². The van der Waals surface area contributed by atoms with Gasteiger partial charge in [0.2, 0.25) is 5.91 Å². The van der Waals surface area contributed by atoms with Crippen LogP contribution in [0.2, 0.25) is 5.02 Å². The summed E-state index contributed by atoms with van der Waals surface area (Å²) in [5, 5.41) is 0.693. The number of hydrogen-bond donors (Lipinski definition) is 0. The number of likely N-dealkylation sites (tertiary alicyclic amines) is 1. The van der Waals surface area contributed by atoms with E-state index in [0.29, 0.717) is 18.0 Å². The largest absolute Gasteiger partial charge is 0.468 e. The highest BCUT2D eigenvalue weighted by molar-refractivity contribution is 6.30. The Morgan fingerprint density at radius 3 is 2.68 bits per heavy atom. The van der Waals surface area contributed by atoms with Crippen LogP contribution in [0.15, 0.2) is 24.3 Å². The monoisotopic (exact) mass is 281 g/mol. The van der Waals surface area contributed by atoms with Crippen LogP contribution in [0.25, 0.3) is 0 Å². The number of rotatable bonds is 3. The van der Waals surface area contributed by atoms with E-state index in [4.69, 9.17) is 11.6 Å². The molecular formula is C14H16ClNO3. The summed E-state index contributed by atoms with van der Waals surface area (Å²) in [5.74, 6) is -0.173. The fourth-order valence-corrected chi connectivity index (χ4v) is 2.41. The number of methoxy groups -OCH3 is 1. The summed E-state index contributed by atoms with van der Waals surface area (Å²) in [6, 6.07) is 7.58. The number of halogens is 1. The summed E-state index contributed by atoms with van der Waals surface area (Å²) in [4.78, 5) is 24.7. The maximum Gasteiger partial charge on any atom is 0.325 e. The van der Waals surface area contributed by atoms with Crippen LogP contribution in [0.4, 0.5) is 0 Å². The van der Waals surface area contributed by atoms with Crippen molar-refractivity contribution in [3.8, 4) is 0 Å². The molecule has 1 heterocycles. The molecule has 2 rings (SSSR count). The Morgan fingerprint density at radius 2 is 2.11 bits per heavy atom. The molecule has 1 aromatic carbocycles. The zero-order chi connectivity index (χ0) is 13.8. The number of piperidine rings is 1. The molecule has 19 heavy (non-hydrogen) atoms. The number of benzene rings is 1. The highest BCUT2D eigenvalue weighted by atomic mass is 35.5. The van der Waals surface area contributed by atoms with Gasteiger partial charge in [-0.2, -0.15) is 0 Å². The summed E-state index contributed by atoms with van der Waals surface area (Å²) in [6.45, 7) is 0.629. The first-order valence-electron chi connectivity index (χ1n) is 6.20. The van der Waals surface area contributed by atoms with E-state index >= 15 is 0 Å². The standard InChI is InChI=1S/C14H16ClNO3/c1-19-14(18)9-16-7-6-11(8-13(16)17)10-2-4-12(15)5-3-10/h2-5,11H,6-9H2,1H3/t11-/m0/s1. The molecule has 0 aliphatic carbocycles. The maximum absolute atomic E-state index is 12.0. The molecule has 1 aliphatic rings. The second kappa shape index (κ2) is 6.06. The van der Waals surface area contributed by atoms with E-state index < -0.39 is 0 Å². The van der Waals surface area contributed by atoms with Crippen LogP contribution in [-0.2, 0) is 14.3 Å². The molecule has 1 fully saturated rings. The highest BCUT2D eigenvalue weighted by Crippen LogP contribution is 2.29. The average molecular weight is 282 g/mol. The van der Waals surface area contributed by atoms with Crippen LogP contribution in [0.1, 0.15) is 24.3 Å². The van der Waals surface area contributed by atoms with Gasteiger partial charge in [-0.15, -0.1) is 0 Å². The lowest BCUT2D eigenvalue weighted by Gasteiger charge is -2.31. The van der Waals surface area contributed by atoms with Gasteiger partial charge in [0.15, 0.2) is 0 Å². The third-order valence-electron chi connectivity index (χ3n) is 3.41. The Kier molecular flexibility index (Phi) is 4.43. The lowest BCUT2D eigenvalue weighted by atomic mass is 9.89. The second-order valence-corrected chi connectivity index (χ2v) is 5.07. The smallest absolute Gasteiger partial charge is 0.325 e. The summed E-state index contributed by atoms with van der Waals surface area (Å²) in [6.07, 6.45) is 1.28. The minimum Gasteiger partial charge on any atom is -0.468 e. The number of carbonyl (C=O) groups is 2. The van der Waals surface area contributed by atoms with Crippen molar-refractivity contribution in [1.29, 1.82) is 0 Å². The van der Waals surface area contributed by atoms with E-state index in [2.05, 4.69) is 4.74 Å². The van der Waals surface area contributed by atoms with Crippen molar-refractivity contribution in [2.45, 2.75) is 18.8 Å². The molecule has 4 nitrogen and oxygen atoms in total. The lowest BCUT2D eigenvalue weighted by molar-refractivity contribution is -0.148. The Morgan fingerprint density at radius 1 is 1.42 bits per heavy atom. The molecule has 1 saturated heterocycles. The molecular weight excluding hydrogens is 266 g/mol. The number of amides is 1. The normalized spacial score (nSPS) is 19.4. The molecule has 0 bridgehead atoms. The molecule has 5 heteroatoms. The van der Waals surface area contributed by atoms with Gasteiger partial charge in [0.05, 0.1) is 7.11 Å². The number of carbonyl (C=O) groups excluding carboxylic acids is 2. The van der Waals surface area contributed by atoms with E-state index in [0.717, 1.165) is 12.0 Å². The molecule has 102 valence electrons. The molecule has 0 saturated carbocycles. The SMILES string of the molecule is COC(=O)CN1CC[C@H](c2ccc(Cl)cc2)CC1=O. The molecule has 1 atom stereocenters. The number of hydrogen-bond acceptors (Lipinski definition) is 3. The van der Waals surface area contributed by atoms with Crippen LogP contribution < -0.4 is 0 Å². The quantitative estimate of drug-likeness (QED) is 0.798. The second-order valence-electron chi connectivity index (χ2n) is 4.63. The van der Waals surface area contributed by atoms with Crippen LogP contribution in [0.3, 0.4) is 0 Å². The molecule has 1 aliphatic heterocycles. The Bertz CT molecular complexity index is 472. The summed E-state index contributed by atoms with van der Waals surface area (Å²) >= 11 is 5.85. The Hall–Kier alpha value is -1.55. The van der Waals surface area contributed by atoms with E-state index in [1.165, 1.54) is 7.11 Å². The molecule has 0 aromatic heterocycles. The highest BCUT2D eigenvalue weighted by Gasteiger charge is 2.28. The van der Waals surface area contributed by atoms with Gasteiger partial charge in [0.25, 0.3) is 0 Å². The first kappa shape index (κ1) is 13.9. The summed E-state index contributed by atoms with van der Waals surface area (Å²) < 4.78 is 4.58. The minimum absolute atomic E-state index is 0.00315. The van der Waals surface area contributed by atoms with Crippen molar-refractivity contribution < 1.29 is 14.3 Å². The molecule has 1 aromatic rings. The Labute approximate surface area is 117 Å². The molecule has 0 spiro atoms. The van der Waals surface area contributed by atoms with Crippen molar-refractivity contribution >= 4 is 23.5 Å². The predicted octanol–water partition coefficient (Wildman–Crippen LogP) is 2.22. The minimum atomic E-state index is -0.377. The first-order valence-corrected chi connectivity index (χ1v) is 6.58. The average Bonchev–Trinajstić information content (AvgIpc) is 2.41. The third kappa shape index (κ3) is 3.47. The van der Waals surface area contributed by atoms with Crippen molar-refractivity contribution in [2.24, 2.45) is 0 Å². The van der Waals surface area contributed by atoms with Gasteiger partial charge < -0.3 is 9.64 Å². The first-order chi connectivity index (χ1) is 9.10. The maximum atomic E-state index is 12.0. The third-order valence-corrected chi connectivity index (χ3v) is 3.66. The van der Waals surface area contributed by atoms with E-state index in [1.54, 1.807) is 4.90 Å². The van der Waals surface area contributed by atoms with Gasteiger partial charge in [0, 0.05) is 18.0 Å². The fraction of sp³-hybridized carbons (Fsp3) is 0.429. The molecule has 0 N–H and O–H groups in total. The van der Waals surface area contributed by atoms with Crippen molar-refractivity contribution in [3.63, 3.8) is 0 Å². The Balaban J connectivity index is 1.98. The summed E-state index contributed by atoms with van der Waals surface area (Å²) in [5.41, 5.74) is 1.12. The van der Waals surface area contributed by atoms with Crippen LogP contribution in [0.5, 0.6) is 0 Å². The van der Waals surface area contributed by atoms with Crippen molar-refractivity contribution in [1.82, 2.24) is 4.90 Å². The van der Waals surface area contributed by atoms with Crippen molar-refractivity contribution in [3.05, 3.63) is 34.9 Å². The lowest BCUT2D eigenvalue weighted by Crippen LogP contribution is -2.41. The van der Waals surface area contributed by atoms with Gasteiger partial charge in [0.1, 0.15) is 6.54 Å². The predicted molar refractivity (Wildman–Crippen MR) is 72.0 cm³/mol. The molecule has 0 unspecified atom stereocenters. The molecule has 0 radical (unpaired) electrons.